The Kier molecular flexibility index (Phi) is 6.56. The van der Waals surface area contributed by atoms with Gasteiger partial charge in [0.05, 0.1) is 25.4 Å². The molecular weight excluding hydrogens is 238 g/mol. The lowest BCUT2D eigenvalue weighted by molar-refractivity contribution is -0.142. The van der Waals surface area contributed by atoms with Gasteiger partial charge in [0.15, 0.2) is 0 Å². The van der Waals surface area contributed by atoms with Crippen LogP contribution in [0.15, 0.2) is 0 Å². The van der Waals surface area contributed by atoms with Crippen molar-refractivity contribution in [3.63, 3.8) is 0 Å². The van der Waals surface area contributed by atoms with Crippen molar-refractivity contribution in [1.29, 1.82) is 0 Å². The highest BCUT2D eigenvalue weighted by Crippen LogP contribution is 2.17. The van der Waals surface area contributed by atoms with E-state index in [-0.39, 0.29) is 12.7 Å². The molecule has 1 aliphatic rings. The van der Waals surface area contributed by atoms with Crippen LogP contribution < -0.4 is 0 Å². The van der Waals surface area contributed by atoms with Crippen molar-refractivity contribution in [3.8, 4) is 0 Å². The molecule has 1 fully saturated rings. The van der Waals surface area contributed by atoms with Crippen molar-refractivity contribution >= 4 is 5.97 Å². The summed E-state index contributed by atoms with van der Waals surface area (Å²) in [7, 11) is 1.60. The quantitative estimate of drug-likeness (QED) is 0.637. The Labute approximate surface area is 107 Å². The minimum Gasteiger partial charge on any atom is -0.480 e. The predicted molar refractivity (Wildman–Crippen MR) is 65.5 cm³/mol. The molecular formula is C12H23NO5. The first kappa shape index (κ1) is 15.4. The molecule has 3 atom stereocenters. The number of rotatable bonds is 8. The minimum atomic E-state index is -0.812. The van der Waals surface area contributed by atoms with Crippen LogP contribution in [0.3, 0.4) is 0 Å². The number of aliphatic hydroxyl groups is 1. The van der Waals surface area contributed by atoms with Gasteiger partial charge in [0.25, 0.3) is 0 Å². The second-order valence-corrected chi connectivity index (χ2v) is 4.74. The SMILES string of the molecule is COCC(C)OCC(O)CN1CCCC1C(=O)O. The summed E-state index contributed by atoms with van der Waals surface area (Å²) in [5.41, 5.74) is 0. The molecule has 106 valence electrons. The number of hydrogen-bond donors (Lipinski definition) is 2. The number of carboxylic acid groups (broad SMARTS) is 1. The molecule has 6 heteroatoms. The van der Waals surface area contributed by atoms with Gasteiger partial charge in [0, 0.05) is 13.7 Å². The molecule has 0 aromatic rings. The number of likely N-dealkylation sites (tertiary alicyclic amines) is 1. The lowest BCUT2D eigenvalue weighted by Gasteiger charge is -2.24. The summed E-state index contributed by atoms with van der Waals surface area (Å²) in [5, 5.41) is 18.8. The molecule has 1 heterocycles. The third kappa shape index (κ3) is 4.89. The second-order valence-electron chi connectivity index (χ2n) is 4.74. The largest absolute Gasteiger partial charge is 0.480 e. The normalized spacial score (nSPS) is 24.1. The molecule has 6 nitrogen and oxygen atoms in total. The number of hydrogen-bond acceptors (Lipinski definition) is 5. The molecule has 0 aromatic carbocycles. The Morgan fingerprint density at radius 1 is 1.50 bits per heavy atom. The fourth-order valence-corrected chi connectivity index (χ4v) is 2.21. The van der Waals surface area contributed by atoms with Crippen LogP contribution in [0.5, 0.6) is 0 Å². The zero-order valence-corrected chi connectivity index (χ0v) is 11.0. The summed E-state index contributed by atoms with van der Waals surface area (Å²) < 4.78 is 10.3. The van der Waals surface area contributed by atoms with Crippen LogP contribution in [-0.4, -0.2) is 72.7 Å². The monoisotopic (exact) mass is 261 g/mol. The summed E-state index contributed by atoms with van der Waals surface area (Å²) in [6, 6.07) is -0.462. The molecule has 0 spiro atoms. The minimum absolute atomic E-state index is 0.0708. The second kappa shape index (κ2) is 7.68. The van der Waals surface area contributed by atoms with E-state index in [1.807, 2.05) is 6.92 Å². The molecule has 0 aromatic heterocycles. The van der Waals surface area contributed by atoms with Gasteiger partial charge in [-0.25, -0.2) is 0 Å². The molecule has 2 N–H and O–H groups in total. The summed E-state index contributed by atoms with van der Waals surface area (Å²) in [4.78, 5) is 12.8. The van der Waals surface area contributed by atoms with Crippen LogP contribution in [0.25, 0.3) is 0 Å². The van der Waals surface area contributed by atoms with Gasteiger partial charge in [-0.2, -0.15) is 0 Å². The summed E-state index contributed by atoms with van der Waals surface area (Å²) in [6.07, 6.45) is 0.788. The molecule has 0 radical (unpaired) electrons. The molecule has 0 aliphatic carbocycles. The molecule has 18 heavy (non-hydrogen) atoms. The highest BCUT2D eigenvalue weighted by atomic mass is 16.5. The molecule has 0 bridgehead atoms. The Bertz CT molecular complexity index is 261. The van der Waals surface area contributed by atoms with E-state index >= 15 is 0 Å². The van der Waals surface area contributed by atoms with Crippen LogP contribution in [-0.2, 0) is 14.3 Å². The Morgan fingerprint density at radius 3 is 2.83 bits per heavy atom. The Balaban J connectivity index is 2.26. The number of aliphatic hydroxyl groups excluding tert-OH is 1. The van der Waals surface area contributed by atoms with Crippen molar-refractivity contribution in [2.45, 2.75) is 38.0 Å². The van der Waals surface area contributed by atoms with E-state index < -0.39 is 18.1 Å². The smallest absolute Gasteiger partial charge is 0.320 e. The topological polar surface area (TPSA) is 79.2 Å². The number of carbonyl (C=O) groups is 1. The first-order valence-electron chi connectivity index (χ1n) is 6.30. The van der Waals surface area contributed by atoms with Gasteiger partial charge in [-0.15, -0.1) is 0 Å². The third-order valence-corrected chi connectivity index (χ3v) is 3.07. The summed E-state index contributed by atoms with van der Waals surface area (Å²) >= 11 is 0. The number of carboxylic acids is 1. The molecule has 0 saturated carbocycles. The third-order valence-electron chi connectivity index (χ3n) is 3.07. The lowest BCUT2D eigenvalue weighted by atomic mass is 10.2. The van der Waals surface area contributed by atoms with Crippen molar-refractivity contribution in [1.82, 2.24) is 4.90 Å². The molecule has 3 unspecified atom stereocenters. The maximum absolute atomic E-state index is 11.0. The van der Waals surface area contributed by atoms with E-state index in [1.165, 1.54) is 0 Å². The van der Waals surface area contributed by atoms with E-state index in [9.17, 15) is 9.90 Å². The number of β-amino-alcohol motifs (C(OH)–C–C–N with tert-alkyl or cyclic N) is 1. The van der Waals surface area contributed by atoms with E-state index in [1.54, 1.807) is 12.0 Å². The van der Waals surface area contributed by atoms with Crippen molar-refractivity contribution < 1.29 is 24.5 Å². The fourth-order valence-electron chi connectivity index (χ4n) is 2.21. The van der Waals surface area contributed by atoms with Crippen LogP contribution >= 0.6 is 0 Å². The predicted octanol–water partition coefficient (Wildman–Crippen LogP) is -0.0522. The zero-order valence-electron chi connectivity index (χ0n) is 11.0. The highest BCUT2D eigenvalue weighted by molar-refractivity contribution is 5.73. The standard InChI is InChI=1S/C12H23NO5/c1-9(7-17-2)18-8-10(14)6-13-5-3-4-11(13)12(15)16/h9-11,14H,3-8H2,1-2H3,(H,15,16). The van der Waals surface area contributed by atoms with Crippen LogP contribution in [0.4, 0.5) is 0 Å². The van der Waals surface area contributed by atoms with E-state index in [0.717, 1.165) is 13.0 Å². The lowest BCUT2D eigenvalue weighted by Crippen LogP contribution is -2.42. The van der Waals surface area contributed by atoms with Crippen molar-refractivity contribution in [2.75, 3.05) is 33.4 Å². The van der Waals surface area contributed by atoms with Gasteiger partial charge < -0.3 is 19.7 Å². The first-order chi connectivity index (χ1) is 8.54. The first-order valence-corrected chi connectivity index (χ1v) is 6.30. The molecule has 1 rings (SSSR count). The number of aliphatic carboxylic acids is 1. The maximum Gasteiger partial charge on any atom is 0.320 e. The van der Waals surface area contributed by atoms with E-state index in [4.69, 9.17) is 14.6 Å². The van der Waals surface area contributed by atoms with Gasteiger partial charge in [0.1, 0.15) is 6.04 Å². The van der Waals surface area contributed by atoms with Gasteiger partial charge in [-0.3, -0.25) is 9.69 Å². The van der Waals surface area contributed by atoms with Gasteiger partial charge in [-0.05, 0) is 26.3 Å². The average molecular weight is 261 g/mol. The zero-order chi connectivity index (χ0) is 13.5. The Morgan fingerprint density at radius 2 is 2.22 bits per heavy atom. The van der Waals surface area contributed by atoms with Gasteiger partial charge >= 0.3 is 5.97 Å². The summed E-state index contributed by atoms with van der Waals surface area (Å²) in [5.74, 6) is -0.812. The molecule has 0 amide bonds. The summed E-state index contributed by atoms with van der Waals surface area (Å²) in [6.45, 7) is 3.62. The van der Waals surface area contributed by atoms with E-state index in [0.29, 0.717) is 19.6 Å². The maximum atomic E-state index is 11.0. The highest BCUT2D eigenvalue weighted by Gasteiger charge is 2.31. The average Bonchev–Trinajstić information content (AvgIpc) is 2.75. The molecule has 1 aliphatic heterocycles. The molecule has 1 saturated heterocycles. The Hall–Kier alpha value is -0.690. The van der Waals surface area contributed by atoms with Crippen molar-refractivity contribution in [2.24, 2.45) is 0 Å². The number of nitrogens with zero attached hydrogens (tertiary/aromatic N) is 1. The fraction of sp³-hybridized carbons (Fsp3) is 0.917. The van der Waals surface area contributed by atoms with Gasteiger partial charge in [0.2, 0.25) is 0 Å². The van der Waals surface area contributed by atoms with Crippen LogP contribution in [0, 0.1) is 0 Å². The number of methoxy groups -OCH3 is 1. The van der Waals surface area contributed by atoms with E-state index in [2.05, 4.69) is 0 Å². The van der Waals surface area contributed by atoms with Gasteiger partial charge in [-0.1, -0.05) is 0 Å². The number of ether oxygens (including phenoxy) is 2. The van der Waals surface area contributed by atoms with Crippen molar-refractivity contribution in [3.05, 3.63) is 0 Å². The van der Waals surface area contributed by atoms with Crippen LogP contribution in [0.1, 0.15) is 19.8 Å². The van der Waals surface area contributed by atoms with Crippen LogP contribution in [0.2, 0.25) is 0 Å².